The summed E-state index contributed by atoms with van der Waals surface area (Å²) in [6.45, 7) is 1.98. The maximum Gasteiger partial charge on any atom is 0.339 e. The second-order valence-corrected chi connectivity index (χ2v) is 10.7. The Hall–Kier alpha value is -4.15. The molecule has 0 aliphatic carbocycles. The monoisotopic (exact) mass is 594 g/mol. The van der Waals surface area contributed by atoms with Crippen LogP contribution in [0, 0.1) is 6.92 Å². The number of benzene rings is 3. The number of hydrogen-bond donors (Lipinski definition) is 2. The van der Waals surface area contributed by atoms with Crippen molar-refractivity contribution >= 4 is 43.9 Å². The molecule has 1 aromatic heterocycles. The van der Waals surface area contributed by atoms with Crippen LogP contribution in [0.25, 0.3) is 6.08 Å². The highest BCUT2D eigenvalue weighted by atomic mass is 79.9. The van der Waals surface area contributed by atoms with Gasteiger partial charge < -0.3 is 19.2 Å². The summed E-state index contributed by atoms with van der Waals surface area (Å²) < 4.78 is 36.4. The van der Waals surface area contributed by atoms with Crippen molar-refractivity contribution in [1.82, 2.24) is 10.6 Å². The second kappa shape index (κ2) is 11.9. The Bertz CT molecular complexity index is 1550. The van der Waals surface area contributed by atoms with Gasteiger partial charge in [-0.2, -0.15) is 8.42 Å². The van der Waals surface area contributed by atoms with E-state index in [9.17, 15) is 18.0 Å². The van der Waals surface area contributed by atoms with Crippen LogP contribution in [-0.2, 0) is 21.5 Å². The van der Waals surface area contributed by atoms with E-state index >= 15 is 0 Å². The van der Waals surface area contributed by atoms with Gasteiger partial charge in [0.1, 0.15) is 22.1 Å². The largest absolute Gasteiger partial charge is 0.467 e. The predicted molar refractivity (Wildman–Crippen MR) is 146 cm³/mol. The molecule has 0 aliphatic heterocycles. The first-order valence-electron chi connectivity index (χ1n) is 11.4. The normalized spacial score (nSPS) is 11.6. The molecule has 1 heterocycles. The minimum atomic E-state index is -4.01. The Balaban J connectivity index is 1.53. The molecule has 4 rings (SSSR count). The van der Waals surface area contributed by atoms with Gasteiger partial charge in [-0.25, -0.2) is 0 Å². The van der Waals surface area contributed by atoms with Crippen LogP contribution < -0.4 is 14.8 Å². The molecule has 0 saturated carbocycles. The molecule has 2 amide bonds. The second-order valence-electron chi connectivity index (χ2n) is 8.20. The van der Waals surface area contributed by atoms with E-state index in [0.717, 1.165) is 10.0 Å². The van der Waals surface area contributed by atoms with Crippen LogP contribution in [0.1, 0.15) is 27.2 Å². The van der Waals surface area contributed by atoms with Crippen molar-refractivity contribution in [1.29, 1.82) is 0 Å². The third kappa shape index (κ3) is 7.21. The molecule has 0 bridgehead atoms. The van der Waals surface area contributed by atoms with Crippen LogP contribution in [0.15, 0.2) is 111 Å². The van der Waals surface area contributed by atoms with E-state index < -0.39 is 21.9 Å². The Labute approximate surface area is 228 Å². The maximum atomic E-state index is 13.0. The number of halogens is 1. The molecule has 0 atom stereocenters. The number of hydrogen-bond acceptors (Lipinski definition) is 6. The number of nitrogens with one attached hydrogen (secondary N) is 2. The van der Waals surface area contributed by atoms with E-state index in [1.165, 1.54) is 36.6 Å². The van der Waals surface area contributed by atoms with Gasteiger partial charge in [0.05, 0.1) is 12.8 Å². The van der Waals surface area contributed by atoms with E-state index in [1.807, 2.05) is 6.92 Å². The third-order valence-corrected chi connectivity index (χ3v) is 7.10. The minimum Gasteiger partial charge on any atom is -0.467 e. The number of amides is 2. The molecular formula is C28H23BrN2O6S. The minimum absolute atomic E-state index is 0.00887. The maximum absolute atomic E-state index is 13.0. The number of rotatable bonds is 9. The molecule has 0 spiro atoms. The van der Waals surface area contributed by atoms with Gasteiger partial charge >= 0.3 is 10.1 Å². The number of carbonyl (C=O) groups is 2. The fourth-order valence-electron chi connectivity index (χ4n) is 3.30. The first-order chi connectivity index (χ1) is 18.2. The van der Waals surface area contributed by atoms with Gasteiger partial charge in [0, 0.05) is 10.0 Å². The lowest BCUT2D eigenvalue weighted by Gasteiger charge is -2.11. The fraction of sp³-hybridized carbons (Fsp3) is 0.0714. The summed E-state index contributed by atoms with van der Waals surface area (Å²) in [5, 5.41) is 5.36. The zero-order valence-electron chi connectivity index (χ0n) is 20.2. The first-order valence-corrected chi connectivity index (χ1v) is 13.6. The molecule has 0 unspecified atom stereocenters. The average Bonchev–Trinajstić information content (AvgIpc) is 3.42. The summed E-state index contributed by atoms with van der Waals surface area (Å²) in [7, 11) is -4.01. The molecule has 3 aromatic carbocycles. The standard InChI is InChI=1S/C28H23BrN2O6S/c1-19-4-14-25(15-5-19)38(34,35)37-23-12-6-20(7-13-23)17-26(28(33)30-18-24-3-2-16-36-24)31-27(32)21-8-10-22(29)11-9-21/h2-17H,18H2,1H3,(H,30,33)(H,31,32). The highest BCUT2D eigenvalue weighted by Crippen LogP contribution is 2.21. The van der Waals surface area contributed by atoms with Crippen LogP contribution in [0.5, 0.6) is 5.75 Å². The topological polar surface area (TPSA) is 115 Å². The average molecular weight is 595 g/mol. The van der Waals surface area contributed by atoms with Crippen LogP contribution in [0.3, 0.4) is 0 Å². The molecule has 38 heavy (non-hydrogen) atoms. The Kier molecular flexibility index (Phi) is 8.45. The smallest absolute Gasteiger partial charge is 0.339 e. The zero-order chi connectivity index (χ0) is 27.1. The van der Waals surface area contributed by atoms with Gasteiger partial charge in [0.2, 0.25) is 0 Å². The van der Waals surface area contributed by atoms with Crippen molar-refractivity contribution in [3.63, 3.8) is 0 Å². The van der Waals surface area contributed by atoms with E-state index in [2.05, 4.69) is 26.6 Å². The summed E-state index contributed by atoms with van der Waals surface area (Å²) in [6, 6.07) is 22.5. The van der Waals surface area contributed by atoms with Crippen molar-refractivity contribution in [3.8, 4) is 5.75 Å². The van der Waals surface area contributed by atoms with Crippen molar-refractivity contribution in [2.45, 2.75) is 18.4 Å². The molecule has 4 aromatic rings. The summed E-state index contributed by atoms with van der Waals surface area (Å²) in [5.74, 6) is -0.353. The van der Waals surface area contributed by atoms with Gasteiger partial charge in [-0.05, 0) is 79.2 Å². The number of carbonyl (C=O) groups excluding carboxylic acids is 2. The highest BCUT2D eigenvalue weighted by molar-refractivity contribution is 9.10. The van der Waals surface area contributed by atoms with E-state index in [0.29, 0.717) is 16.9 Å². The van der Waals surface area contributed by atoms with Gasteiger partial charge in [-0.15, -0.1) is 0 Å². The lowest BCUT2D eigenvalue weighted by atomic mass is 10.1. The van der Waals surface area contributed by atoms with Crippen molar-refractivity contribution in [2.24, 2.45) is 0 Å². The van der Waals surface area contributed by atoms with Crippen LogP contribution in [0.2, 0.25) is 0 Å². The fourth-order valence-corrected chi connectivity index (χ4v) is 4.49. The number of furan rings is 1. The molecule has 0 radical (unpaired) electrons. The molecular weight excluding hydrogens is 572 g/mol. The van der Waals surface area contributed by atoms with Gasteiger partial charge in [-0.3, -0.25) is 9.59 Å². The summed E-state index contributed by atoms with van der Waals surface area (Å²) in [6.07, 6.45) is 2.97. The molecule has 10 heteroatoms. The van der Waals surface area contributed by atoms with Crippen molar-refractivity contribution in [3.05, 3.63) is 124 Å². The zero-order valence-corrected chi connectivity index (χ0v) is 22.6. The molecule has 0 saturated heterocycles. The molecule has 0 aliphatic rings. The summed E-state index contributed by atoms with van der Waals surface area (Å²) in [5.41, 5.74) is 1.81. The summed E-state index contributed by atoms with van der Waals surface area (Å²) in [4.78, 5) is 25.8. The lowest BCUT2D eigenvalue weighted by molar-refractivity contribution is -0.118. The van der Waals surface area contributed by atoms with Gasteiger partial charge in [0.15, 0.2) is 0 Å². The van der Waals surface area contributed by atoms with E-state index in [-0.39, 0.29) is 22.9 Å². The Morgan fingerprint density at radius 2 is 1.63 bits per heavy atom. The van der Waals surface area contributed by atoms with Crippen LogP contribution in [-0.4, -0.2) is 20.2 Å². The summed E-state index contributed by atoms with van der Waals surface area (Å²) >= 11 is 3.33. The number of aryl methyl sites for hydroxylation is 1. The highest BCUT2D eigenvalue weighted by Gasteiger charge is 2.17. The third-order valence-electron chi connectivity index (χ3n) is 5.31. The Morgan fingerprint density at radius 3 is 2.26 bits per heavy atom. The molecule has 8 nitrogen and oxygen atoms in total. The molecule has 0 fully saturated rings. The first kappa shape index (κ1) is 26.9. The van der Waals surface area contributed by atoms with Crippen LogP contribution >= 0.6 is 15.9 Å². The predicted octanol–water partition coefficient (Wildman–Crippen LogP) is 5.21. The molecule has 194 valence electrons. The van der Waals surface area contributed by atoms with Gasteiger partial charge in [0.25, 0.3) is 11.8 Å². The van der Waals surface area contributed by atoms with E-state index in [1.54, 1.807) is 60.7 Å². The van der Waals surface area contributed by atoms with Gasteiger partial charge in [-0.1, -0.05) is 45.8 Å². The SMILES string of the molecule is Cc1ccc(S(=O)(=O)Oc2ccc(C=C(NC(=O)c3ccc(Br)cc3)C(=O)NCc3ccco3)cc2)cc1. The lowest BCUT2D eigenvalue weighted by Crippen LogP contribution is -2.34. The van der Waals surface area contributed by atoms with Crippen molar-refractivity contribution in [2.75, 3.05) is 0 Å². The molecule has 2 N–H and O–H groups in total. The van der Waals surface area contributed by atoms with E-state index in [4.69, 9.17) is 8.60 Å². The Morgan fingerprint density at radius 1 is 0.947 bits per heavy atom. The quantitative estimate of drug-likeness (QED) is 0.203. The van der Waals surface area contributed by atoms with Crippen LogP contribution in [0.4, 0.5) is 0 Å². The van der Waals surface area contributed by atoms with Crippen molar-refractivity contribution < 1.29 is 26.6 Å².